The molecule has 3 rings (SSSR count). The highest BCUT2D eigenvalue weighted by Gasteiger charge is 2.29. The number of nitrogens with one attached hydrogen (secondary N) is 1. The van der Waals surface area contributed by atoms with Gasteiger partial charge in [0, 0.05) is 25.1 Å². The minimum absolute atomic E-state index is 0.156. The van der Waals surface area contributed by atoms with E-state index in [1.807, 2.05) is 38.1 Å². The molecule has 0 fully saturated rings. The summed E-state index contributed by atoms with van der Waals surface area (Å²) >= 11 is 12.3. The van der Waals surface area contributed by atoms with Gasteiger partial charge in [-0.3, -0.25) is 9.59 Å². The normalized spacial score (nSPS) is 11.4. The molecule has 0 unspecified atom stereocenters. The Morgan fingerprint density at radius 3 is 2.18 bits per heavy atom. The Balaban J connectivity index is 1.80. The number of esters is 1. The van der Waals surface area contributed by atoms with Gasteiger partial charge in [-0.1, -0.05) is 53.2 Å². The SMILES string of the molecule is CCN(CC)c1c(N[C@@H](Cc2ccc(C#Cc3c(Cl)cccc3Cl)cc2)C(=O)OC)c(=O)c1=O. The molecule has 8 heteroatoms. The van der Waals surface area contributed by atoms with Crippen molar-refractivity contribution in [3.63, 3.8) is 0 Å². The van der Waals surface area contributed by atoms with E-state index in [1.165, 1.54) is 7.11 Å². The van der Waals surface area contributed by atoms with Crippen LogP contribution in [0, 0.1) is 11.8 Å². The summed E-state index contributed by atoms with van der Waals surface area (Å²) in [6, 6.07) is 11.7. The Bertz CT molecular complexity index is 1290. The van der Waals surface area contributed by atoms with Gasteiger partial charge in [0.15, 0.2) is 0 Å². The highest BCUT2D eigenvalue weighted by atomic mass is 35.5. The number of hydrogen-bond acceptors (Lipinski definition) is 6. The lowest BCUT2D eigenvalue weighted by Gasteiger charge is -2.27. The molecule has 0 amide bonds. The Morgan fingerprint density at radius 1 is 1.00 bits per heavy atom. The van der Waals surface area contributed by atoms with Crippen LogP contribution < -0.4 is 21.1 Å². The van der Waals surface area contributed by atoms with Crippen LogP contribution in [0.25, 0.3) is 0 Å². The first-order valence-corrected chi connectivity index (χ1v) is 11.5. The Labute approximate surface area is 208 Å². The molecule has 0 aliphatic rings. The molecule has 3 aromatic rings. The summed E-state index contributed by atoms with van der Waals surface area (Å²) in [4.78, 5) is 38.5. The maximum Gasteiger partial charge on any atom is 0.328 e. The van der Waals surface area contributed by atoms with Gasteiger partial charge in [0.1, 0.15) is 17.4 Å². The number of nitrogens with zero attached hydrogens (tertiary/aromatic N) is 1. The first-order chi connectivity index (χ1) is 16.3. The van der Waals surface area contributed by atoms with Crippen LogP contribution in [-0.4, -0.2) is 32.2 Å². The van der Waals surface area contributed by atoms with Crippen LogP contribution in [0.1, 0.15) is 30.5 Å². The molecule has 1 N–H and O–H groups in total. The molecule has 34 heavy (non-hydrogen) atoms. The lowest BCUT2D eigenvalue weighted by Crippen LogP contribution is -2.46. The molecule has 0 spiro atoms. The number of carbonyl (C=O) groups excluding carboxylic acids is 1. The van der Waals surface area contributed by atoms with Crippen molar-refractivity contribution in [1.82, 2.24) is 0 Å². The van der Waals surface area contributed by atoms with Gasteiger partial charge in [0.2, 0.25) is 0 Å². The van der Waals surface area contributed by atoms with Crippen molar-refractivity contribution in [3.05, 3.63) is 89.6 Å². The number of hydrogen-bond donors (Lipinski definition) is 1. The summed E-state index contributed by atoms with van der Waals surface area (Å²) < 4.78 is 4.92. The Kier molecular flexibility index (Phi) is 8.38. The average Bonchev–Trinajstić information content (AvgIpc) is 2.85. The van der Waals surface area contributed by atoms with Crippen LogP contribution in [-0.2, 0) is 16.0 Å². The largest absolute Gasteiger partial charge is 0.467 e. The second-order valence-electron chi connectivity index (χ2n) is 7.52. The van der Waals surface area contributed by atoms with Crippen LogP contribution in [0.4, 0.5) is 11.4 Å². The van der Waals surface area contributed by atoms with E-state index in [0.717, 1.165) is 11.1 Å². The maximum atomic E-state index is 12.4. The van der Waals surface area contributed by atoms with Crippen molar-refractivity contribution in [1.29, 1.82) is 0 Å². The smallest absolute Gasteiger partial charge is 0.328 e. The van der Waals surface area contributed by atoms with Crippen molar-refractivity contribution in [2.75, 3.05) is 30.4 Å². The topological polar surface area (TPSA) is 75.7 Å². The van der Waals surface area contributed by atoms with E-state index < -0.39 is 22.9 Å². The molecular formula is C26H24Cl2N2O4. The number of halogens is 2. The lowest BCUT2D eigenvalue weighted by atomic mass is 10.0. The van der Waals surface area contributed by atoms with Crippen LogP contribution in [0.15, 0.2) is 52.1 Å². The standard InChI is InChI=1S/C26H24Cl2N2O4/c1-4-30(5-2)23-22(24(31)25(23)32)29-21(26(33)34-3)15-17-11-9-16(10-12-17)13-14-18-19(27)7-6-8-20(18)28/h6-12,21,29H,4-5,15H2,1-3H3/t21-/m0/s1. The average molecular weight is 499 g/mol. The zero-order chi connectivity index (χ0) is 24.8. The fraction of sp³-hybridized carbons (Fsp3) is 0.269. The molecule has 0 radical (unpaired) electrons. The molecule has 0 saturated heterocycles. The maximum absolute atomic E-state index is 12.4. The molecule has 0 heterocycles. The van der Waals surface area contributed by atoms with Gasteiger partial charge in [0.05, 0.1) is 22.7 Å². The van der Waals surface area contributed by atoms with Gasteiger partial charge in [-0.15, -0.1) is 0 Å². The van der Waals surface area contributed by atoms with Gasteiger partial charge < -0.3 is 15.0 Å². The van der Waals surface area contributed by atoms with Crippen molar-refractivity contribution in [2.24, 2.45) is 0 Å². The molecule has 0 aliphatic heterocycles. The minimum atomic E-state index is -0.832. The minimum Gasteiger partial charge on any atom is -0.467 e. The van der Waals surface area contributed by atoms with Crippen LogP contribution in [0.3, 0.4) is 0 Å². The fourth-order valence-electron chi connectivity index (χ4n) is 3.58. The molecule has 0 aliphatic carbocycles. The molecule has 3 aromatic carbocycles. The zero-order valence-corrected chi connectivity index (χ0v) is 20.6. The van der Waals surface area contributed by atoms with E-state index in [4.69, 9.17) is 27.9 Å². The predicted molar refractivity (Wildman–Crippen MR) is 137 cm³/mol. The van der Waals surface area contributed by atoms with Gasteiger partial charge in [-0.2, -0.15) is 0 Å². The van der Waals surface area contributed by atoms with Crippen molar-refractivity contribution < 1.29 is 9.53 Å². The summed E-state index contributed by atoms with van der Waals surface area (Å²) in [5.74, 6) is 5.48. The number of ether oxygens (including phenoxy) is 1. The van der Waals surface area contributed by atoms with Gasteiger partial charge in [0.25, 0.3) is 10.9 Å². The molecule has 6 nitrogen and oxygen atoms in total. The summed E-state index contributed by atoms with van der Waals surface area (Å²) in [7, 11) is 1.28. The van der Waals surface area contributed by atoms with Crippen LogP contribution >= 0.6 is 23.2 Å². The Morgan fingerprint density at radius 2 is 1.62 bits per heavy atom. The first kappa shape index (κ1) is 25.4. The van der Waals surface area contributed by atoms with E-state index in [0.29, 0.717) is 34.4 Å². The number of benzene rings is 2. The van der Waals surface area contributed by atoms with E-state index in [-0.39, 0.29) is 12.1 Å². The molecule has 176 valence electrons. The number of methoxy groups -OCH3 is 1. The van der Waals surface area contributed by atoms with Crippen molar-refractivity contribution >= 4 is 40.5 Å². The third-order valence-corrected chi connectivity index (χ3v) is 6.09. The number of rotatable bonds is 8. The molecule has 1 atom stereocenters. The highest BCUT2D eigenvalue weighted by molar-refractivity contribution is 6.36. The van der Waals surface area contributed by atoms with Gasteiger partial charge in [-0.25, -0.2) is 4.79 Å². The molecule has 0 aromatic heterocycles. The van der Waals surface area contributed by atoms with E-state index in [2.05, 4.69) is 17.2 Å². The number of carbonyl (C=O) groups is 1. The number of anilines is 2. The fourth-order valence-corrected chi connectivity index (χ4v) is 4.07. The van der Waals surface area contributed by atoms with Gasteiger partial charge >= 0.3 is 5.97 Å². The second kappa shape index (κ2) is 11.2. The van der Waals surface area contributed by atoms with E-state index >= 15 is 0 Å². The van der Waals surface area contributed by atoms with Crippen molar-refractivity contribution in [3.8, 4) is 11.8 Å². The third kappa shape index (κ3) is 5.44. The van der Waals surface area contributed by atoms with Crippen molar-refractivity contribution in [2.45, 2.75) is 26.3 Å². The lowest BCUT2D eigenvalue weighted by molar-refractivity contribution is -0.141. The summed E-state index contributed by atoms with van der Waals surface area (Å²) in [5, 5.41) is 3.90. The third-order valence-electron chi connectivity index (χ3n) is 5.46. The predicted octanol–water partition coefficient (Wildman–Crippen LogP) is 4.03. The summed E-state index contributed by atoms with van der Waals surface area (Å²) in [6.07, 6.45) is 0.257. The quantitative estimate of drug-likeness (QED) is 0.287. The van der Waals surface area contributed by atoms with Crippen LogP contribution in [0.2, 0.25) is 10.0 Å². The van der Waals surface area contributed by atoms with E-state index in [1.54, 1.807) is 23.1 Å². The first-order valence-electron chi connectivity index (χ1n) is 10.8. The highest BCUT2D eigenvalue weighted by Crippen LogP contribution is 2.24. The van der Waals surface area contributed by atoms with Crippen LogP contribution in [0.5, 0.6) is 0 Å². The monoisotopic (exact) mass is 498 g/mol. The molecular weight excluding hydrogens is 475 g/mol. The summed E-state index contributed by atoms with van der Waals surface area (Å²) in [5.41, 5.74) is 1.43. The summed E-state index contributed by atoms with van der Waals surface area (Å²) in [6.45, 7) is 4.93. The zero-order valence-electron chi connectivity index (χ0n) is 19.1. The molecule has 0 saturated carbocycles. The second-order valence-corrected chi connectivity index (χ2v) is 8.34. The Hall–Kier alpha value is -3.27. The van der Waals surface area contributed by atoms with E-state index in [9.17, 15) is 14.4 Å². The molecule has 0 bridgehead atoms. The van der Waals surface area contributed by atoms with Gasteiger partial charge in [-0.05, 0) is 43.7 Å².